The average Bonchev–Trinajstić information content (AvgIpc) is 2.57. The van der Waals surface area contributed by atoms with Crippen LogP contribution >= 0.6 is 0 Å². The molecule has 0 saturated carbocycles. The lowest BCUT2D eigenvalue weighted by molar-refractivity contribution is -0.131. The number of ether oxygens (including phenoxy) is 2. The smallest absolute Gasteiger partial charge is 0.338 e. The van der Waals surface area contributed by atoms with Crippen molar-refractivity contribution in [3.63, 3.8) is 0 Å². The third-order valence-electron chi connectivity index (χ3n) is 3.10. The van der Waals surface area contributed by atoms with Gasteiger partial charge >= 0.3 is 5.97 Å². The lowest BCUT2D eigenvalue weighted by atomic mass is 10.2. The fraction of sp³-hybridized carbons (Fsp3) is 0.429. The Balaban J connectivity index is 3.14. The van der Waals surface area contributed by atoms with Crippen LogP contribution in [0.1, 0.15) is 10.4 Å². The minimum absolute atomic E-state index is 0.0366. The van der Waals surface area contributed by atoms with Gasteiger partial charge in [0.1, 0.15) is 10.6 Å². The Morgan fingerprint density at radius 1 is 1.12 bits per heavy atom. The monoisotopic (exact) mass is 360 g/mol. The lowest BCUT2D eigenvalue weighted by Gasteiger charge is -2.17. The lowest BCUT2D eigenvalue weighted by Crippen LogP contribution is -2.28. The third-order valence-corrected chi connectivity index (χ3v) is 4.80. The predicted octanol–water partition coefficient (Wildman–Crippen LogP) is 0.122. The molecular weight excluding hydrogens is 340 g/mol. The fourth-order valence-corrected chi connectivity index (χ4v) is 2.74. The number of likely N-dealkylation sites (N-methyl/N-ethyl adjacent to an activating group) is 1. The highest BCUT2D eigenvalue weighted by Gasteiger charge is 2.27. The molecule has 0 atom stereocenters. The number of carbonyl (C=O) groups is 2. The van der Waals surface area contributed by atoms with Gasteiger partial charge in [0.15, 0.2) is 6.61 Å². The van der Waals surface area contributed by atoms with Crippen LogP contribution < -0.4 is 4.74 Å². The van der Waals surface area contributed by atoms with Crippen LogP contribution in [0.15, 0.2) is 23.1 Å². The number of rotatable bonds is 7. The number of esters is 1. The molecular formula is C14H20N2O7S. The number of benzene rings is 1. The van der Waals surface area contributed by atoms with E-state index in [2.05, 4.69) is 0 Å². The molecule has 0 saturated heterocycles. The van der Waals surface area contributed by atoms with Crippen LogP contribution in [-0.2, 0) is 24.4 Å². The molecule has 0 bridgehead atoms. The van der Waals surface area contributed by atoms with Crippen LogP contribution in [0.5, 0.6) is 5.75 Å². The van der Waals surface area contributed by atoms with E-state index in [4.69, 9.17) is 14.3 Å². The van der Waals surface area contributed by atoms with Gasteiger partial charge in [-0.3, -0.25) is 9.63 Å². The second-order valence-electron chi connectivity index (χ2n) is 4.83. The molecule has 134 valence electrons. The Bertz CT molecular complexity index is 716. The Hall–Kier alpha value is -2.17. The Kier molecular flexibility index (Phi) is 6.70. The molecule has 0 fully saturated rings. The first-order valence-corrected chi connectivity index (χ1v) is 8.17. The summed E-state index contributed by atoms with van der Waals surface area (Å²) in [5.74, 6) is -1.19. The van der Waals surface area contributed by atoms with E-state index in [1.54, 1.807) is 0 Å². The molecule has 0 aliphatic carbocycles. The predicted molar refractivity (Wildman–Crippen MR) is 83.9 cm³/mol. The number of amides is 1. The van der Waals surface area contributed by atoms with E-state index >= 15 is 0 Å². The minimum Gasteiger partial charge on any atom is -0.495 e. The van der Waals surface area contributed by atoms with Gasteiger partial charge in [-0.25, -0.2) is 13.2 Å². The molecule has 0 aliphatic rings. The summed E-state index contributed by atoms with van der Waals surface area (Å²) >= 11 is 0. The van der Waals surface area contributed by atoms with Gasteiger partial charge in [-0.15, -0.1) is 0 Å². The summed E-state index contributed by atoms with van der Waals surface area (Å²) < 4.78 is 35.3. The summed E-state index contributed by atoms with van der Waals surface area (Å²) in [6.07, 6.45) is 0. The van der Waals surface area contributed by atoms with Crippen LogP contribution in [-0.4, -0.2) is 71.6 Å². The largest absolute Gasteiger partial charge is 0.495 e. The topological polar surface area (TPSA) is 102 Å². The van der Waals surface area contributed by atoms with Crippen LogP contribution in [0.2, 0.25) is 0 Å². The second kappa shape index (κ2) is 8.08. The maximum atomic E-state index is 12.4. The van der Waals surface area contributed by atoms with E-state index in [9.17, 15) is 18.0 Å². The van der Waals surface area contributed by atoms with Gasteiger partial charge in [-0.2, -0.15) is 0 Å². The SMILES string of the molecule is COc1ccc(C(=O)OCC(=O)N(C)C)cc1S(=O)(=O)N(C)OC. The van der Waals surface area contributed by atoms with Crippen molar-refractivity contribution >= 4 is 21.9 Å². The van der Waals surface area contributed by atoms with Crippen LogP contribution in [0, 0.1) is 0 Å². The number of hydrogen-bond acceptors (Lipinski definition) is 7. The Morgan fingerprint density at radius 3 is 2.25 bits per heavy atom. The van der Waals surface area contributed by atoms with Crippen molar-refractivity contribution in [1.82, 2.24) is 9.37 Å². The maximum absolute atomic E-state index is 12.4. The van der Waals surface area contributed by atoms with Gasteiger partial charge in [0.25, 0.3) is 15.9 Å². The molecule has 0 spiro atoms. The van der Waals surface area contributed by atoms with Gasteiger partial charge in [-0.1, -0.05) is 4.47 Å². The van der Waals surface area contributed by atoms with E-state index in [1.807, 2.05) is 0 Å². The van der Waals surface area contributed by atoms with Gasteiger partial charge < -0.3 is 14.4 Å². The van der Waals surface area contributed by atoms with E-state index in [0.29, 0.717) is 4.47 Å². The van der Waals surface area contributed by atoms with Crippen LogP contribution in [0.3, 0.4) is 0 Å². The first-order chi connectivity index (χ1) is 11.1. The molecule has 1 aromatic carbocycles. The highest BCUT2D eigenvalue weighted by Crippen LogP contribution is 2.27. The summed E-state index contributed by atoms with van der Waals surface area (Å²) in [5, 5.41) is 0. The summed E-state index contributed by atoms with van der Waals surface area (Å²) in [6.45, 7) is -0.447. The van der Waals surface area contributed by atoms with E-state index < -0.39 is 28.5 Å². The van der Waals surface area contributed by atoms with Crippen LogP contribution in [0.25, 0.3) is 0 Å². The summed E-state index contributed by atoms with van der Waals surface area (Å²) in [6, 6.07) is 3.76. The van der Waals surface area contributed by atoms with Crippen molar-refractivity contribution in [2.75, 3.05) is 42.0 Å². The quantitative estimate of drug-likeness (QED) is 0.503. The van der Waals surface area contributed by atoms with Crippen LogP contribution in [0.4, 0.5) is 0 Å². The zero-order chi connectivity index (χ0) is 18.5. The first-order valence-electron chi connectivity index (χ1n) is 6.73. The molecule has 1 aromatic rings. The van der Waals surface area contributed by atoms with Crippen molar-refractivity contribution in [1.29, 1.82) is 0 Å². The van der Waals surface area contributed by atoms with Gasteiger partial charge in [0, 0.05) is 21.1 Å². The molecule has 10 heteroatoms. The van der Waals surface area contributed by atoms with Crippen molar-refractivity contribution in [3.05, 3.63) is 23.8 Å². The maximum Gasteiger partial charge on any atom is 0.338 e. The zero-order valence-corrected chi connectivity index (χ0v) is 14.9. The Morgan fingerprint density at radius 2 is 1.75 bits per heavy atom. The number of carbonyl (C=O) groups excluding carboxylic acids is 2. The summed E-state index contributed by atoms with van der Waals surface area (Å²) in [4.78, 5) is 29.2. The van der Waals surface area contributed by atoms with E-state index in [-0.39, 0.29) is 16.2 Å². The number of hydroxylamine groups is 1. The molecule has 0 aromatic heterocycles. The second-order valence-corrected chi connectivity index (χ2v) is 6.73. The summed E-state index contributed by atoms with van der Waals surface area (Å²) in [7, 11) is 2.71. The fourth-order valence-electron chi connectivity index (χ4n) is 1.58. The zero-order valence-electron chi connectivity index (χ0n) is 14.1. The molecule has 1 amide bonds. The molecule has 0 heterocycles. The number of nitrogens with zero attached hydrogens (tertiary/aromatic N) is 2. The van der Waals surface area contributed by atoms with Gasteiger partial charge in [0.05, 0.1) is 19.8 Å². The molecule has 0 aliphatic heterocycles. The van der Waals surface area contributed by atoms with Gasteiger partial charge in [-0.05, 0) is 18.2 Å². The number of hydrogen-bond donors (Lipinski definition) is 0. The van der Waals surface area contributed by atoms with Gasteiger partial charge in [0.2, 0.25) is 0 Å². The standard InChI is InChI=1S/C14H20N2O7S/c1-15(2)13(17)9-23-14(18)10-6-7-11(21-4)12(8-10)24(19,20)16(3)22-5/h6-8H,9H2,1-5H3. The minimum atomic E-state index is -4.03. The molecule has 1 rings (SSSR count). The highest BCUT2D eigenvalue weighted by molar-refractivity contribution is 7.89. The highest BCUT2D eigenvalue weighted by atomic mass is 32.2. The van der Waals surface area contributed by atoms with Crippen molar-refractivity contribution in [2.45, 2.75) is 4.90 Å². The van der Waals surface area contributed by atoms with E-state index in [1.165, 1.54) is 52.4 Å². The third kappa shape index (κ3) is 4.43. The molecule has 0 N–H and O–H groups in total. The first kappa shape index (κ1) is 19.9. The molecule has 0 unspecified atom stereocenters. The van der Waals surface area contributed by atoms with Crippen molar-refractivity contribution < 1.29 is 32.3 Å². The van der Waals surface area contributed by atoms with E-state index in [0.717, 1.165) is 6.07 Å². The number of sulfonamides is 1. The molecule has 9 nitrogen and oxygen atoms in total. The molecule has 0 radical (unpaired) electrons. The van der Waals surface area contributed by atoms with Crippen molar-refractivity contribution in [2.24, 2.45) is 0 Å². The Labute approximate surface area is 140 Å². The normalized spacial score (nSPS) is 11.2. The summed E-state index contributed by atoms with van der Waals surface area (Å²) in [5.41, 5.74) is -0.0366. The average molecular weight is 360 g/mol. The molecule has 24 heavy (non-hydrogen) atoms. The number of methoxy groups -OCH3 is 1. The van der Waals surface area contributed by atoms with Crippen molar-refractivity contribution in [3.8, 4) is 5.75 Å².